The van der Waals surface area contributed by atoms with E-state index < -0.39 is 7.27 Å². The molecule has 4 atom stereocenters. The molecule has 2 saturated heterocycles. The zero-order valence-electron chi connectivity index (χ0n) is 29.3. The Bertz CT molecular complexity index is 1330. The van der Waals surface area contributed by atoms with Gasteiger partial charge in [-0.2, -0.15) is 0 Å². The quantitative estimate of drug-likeness (QED) is 0.142. The van der Waals surface area contributed by atoms with Crippen molar-refractivity contribution in [3.63, 3.8) is 0 Å². The minimum atomic E-state index is -0.491. The summed E-state index contributed by atoms with van der Waals surface area (Å²) >= 11 is 6.86. The van der Waals surface area contributed by atoms with Crippen LogP contribution in [0.5, 0.6) is 0 Å². The highest BCUT2D eigenvalue weighted by Crippen LogP contribution is 2.73. The molecule has 1 N–H and O–H groups in total. The van der Waals surface area contributed by atoms with Crippen LogP contribution in [0.1, 0.15) is 141 Å². The first-order valence-corrected chi connectivity index (χ1v) is 21.4. The summed E-state index contributed by atoms with van der Waals surface area (Å²) in [6.07, 6.45) is 7.60. The van der Waals surface area contributed by atoms with Crippen LogP contribution in [0.2, 0.25) is 0 Å². The molecule has 4 aromatic rings. The molecule has 2 aliphatic heterocycles. The van der Waals surface area contributed by atoms with Crippen LogP contribution in [0.15, 0.2) is 97.1 Å². The topological polar surface area (TPSA) is 12.0 Å². The summed E-state index contributed by atoms with van der Waals surface area (Å²) in [6.45, 7) is 16.1. The van der Waals surface area contributed by atoms with Crippen molar-refractivity contribution in [2.45, 2.75) is 124 Å². The van der Waals surface area contributed by atoms with E-state index in [0.29, 0.717) is 22.6 Å². The Labute approximate surface area is 303 Å². The van der Waals surface area contributed by atoms with E-state index in [9.17, 15) is 0 Å². The number of nitrogens with one attached hydrogen (secondary N) is 1. The number of benzene rings is 4. The van der Waals surface area contributed by atoms with Crippen molar-refractivity contribution in [3.05, 3.63) is 142 Å². The van der Waals surface area contributed by atoms with Gasteiger partial charge in [-0.05, 0) is 96.7 Å². The molecule has 48 heavy (non-hydrogen) atoms. The van der Waals surface area contributed by atoms with E-state index in [0.717, 1.165) is 6.54 Å². The maximum atomic E-state index is 6.86. The van der Waals surface area contributed by atoms with Gasteiger partial charge in [-0.25, -0.2) is 0 Å². The molecule has 0 aliphatic carbocycles. The van der Waals surface area contributed by atoms with Gasteiger partial charge in [-0.1, -0.05) is 173 Å². The predicted octanol–water partition coefficient (Wildman–Crippen LogP) is 15.5. The van der Waals surface area contributed by atoms with Crippen LogP contribution < -0.4 is 5.09 Å². The summed E-state index contributed by atoms with van der Waals surface area (Å²) in [5.41, 5.74) is 13.8. The van der Waals surface area contributed by atoms with Gasteiger partial charge in [0.2, 0.25) is 0 Å². The van der Waals surface area contributed by atoms with E-state index in [1.54, 1.807) is 0 Å². The van der Waals surface area contributed by atoms with Crippen molar-refractivity contribution >= 4 is 26.6 Å². The van der Waals surface area contributed by atoms with E-state index in [-0.39, 0.29) is 22.9 Å². The van der Waals surface area contributed by atoms with Crippen LogP contribution in [0, 0.1) is 27.7 Å². The highest BCUT2D eigenvalue weighted by molar-refractivity contribution is 7.84. The van der Waals surface area contributed by atoms with Gasteiger partial charge in [0.15, 0.2) is 0 Å². The standard InChI is InChI=1S/C22H30NP.C18H20ClP.C2H6.2CH4/c1-4-5-16-23-24-21(19-10-6-17(2)7-11-19)14-15-22(24)20-12-8-18(3)9-13-20;1-13-3-7-15(8-4-13)17-11-12-18(20(17)19)16-9-5-14(2)6-10-16;1-2;;/h6-13,21-23H,4-5,14-16H2,1-3H3;3-10,17-18H,11-12H2,1-2H3;1-2H3;2*1H4/t21-,22-;17-,18-;;;/m00.../s1. The molecule has 2 heterocycles. The van der Waals surface area contributed by atoms with Crippen LogP contribution in [0.3, 0.4) is 0 Å². The average Bonchev–Trinajstić information content (AvgIpc) is 3.67. The van der Waals surface area contributed by atoms with E-state index >= 15 is 0 Å². The Balaban J connectivity index is 0.000000309. The molecule has 4 aromatic carbocycles. The van der Waals surface area contributed by atoms with Crippen LogP contribution in [0.4, 0.5) is 0 Å². The van der Waals surface area contributed by atoms with Gasteiger partial charge in [0.05, 0.1) is 0 Å². The third-order valence-corrected chi connectivity index (χ3v) is 16.1. The minimum absolute atomic E-state index is 0. The van der Waals surface area contributed by atoms with E-state index in [1.165, 1.54) is 83.0 Å². The molecule has 0 spiro atoms. The smallest absolute Gasteiger partial charge is 0.0186 e. The van der Waals surface area contributed by atoms with Gasteiger partial charge in [0.1, 0.15) is 0 Å². The molecule has 0 unspecified atom stereocenters. The maximum absolute atomic E-state index is 6.86. The highest BCUT2D eigenvalue weighted by Gasteiger charge is 2.38. The fraction of sp³-hybridized carbons (Fsp3) is 0.455. The molecule has 0 bridgehead atoms. The fourth-order valence-electron chi connectivity index (χ4n) is 6.62. The largest absolute Gasteiger partial charge is 0.295 e. The molecule has 2 fully saturated rings. The minimum Gasteiger partial charge on any atom is -0.295 e. The first kappa shape index (κ1) is 42.2. The lowest BCUT2D eigenvalue weighted by Crippen LogP contribution is -2.13. The zero-order valence-corrected chi connectivity index (χ0v) is 31.8. The predicted molar refractivity (Wildman–Crippen MR) is 222 cm³/mol. The molecule has 0 amide bonds. The normalized spacial score (nSPS) is 20.4. The maximum Gasteiger partial charge on any atom is 0.0186 e. The lowest BCUT2D eigenvalue weighted by atomic mass is 10.0. The average molecular weight is 704 g/mol. The van der Waals surface area contributed by atoms with Crippen LogP contribution in [0.25, 0.3) is 0 Å². The third kappa shape index (κ3) is 11.3. The van der Waals surface area contributed by atoms with Gasteiger partial charge < -0.3 is 0 Å². The summed E-state index contributed by atoms with van der Waals surface area (Å²) in [5.74, 6) is 0. The Morgan fingerprint density at radius 2 is 0.792 bits per heavy atom. The number of hydrogen-bond acceptors (Lipinski definition) is 1. The SMILES string of the molecule is C.C.CC.CCCCNP1[C@H](c2ccc(C)cc2)CC[C@H]1c1ccc(C)cc1.Cc1ccc([C@@H]2CC[C@@H](c3ccc(C)cc3)P2Cl)cc1. The molecule has 6 rings (SSSR count). The number of halogens is 1. The first-order chi connectivity index (χ1) is 22.3. The van der Waals surface area contributed by atoms with Crippen molar-refractivity contribution < 1.29 is 0 Å². The van der Waals surface area contributed by atoms with Crippen molar-refractivity contribution in [2.24, 2.45) is 0 Å². The second-order valence-electron chi connectivity index (χ2n) is 12.9. The number of hydrogen-bond donors (Lipinski definition) is 1. The van der Waals surface area contributed by atoms with Crippen molar-refractivity contribution in [2.75, 3.05) is 6.54 Å². The number of rotatable bonds is 8. The van der Waals surface area contributed by atoms with Gasteiger partial charge >= 0.3 is 0 Å². The summed E-state index contributed by atoms with van der Waals surface area (Å²) in [6, 6.07) is 36.4. The molecular formula is C44H64ClNP2. The molecule has 0 aromatic heterocycles. The second kappa shape index (κ2) is 21.3. The van der Waals surface area contributed by atoms with Crippen molar-refractivity contribution in [1.29, 1.82) is 0 Å². The van der Waals surface area contributed by atoms with Crippen LogP contribution in [-0.2, 0) is 0 Å². The summed E-state index contributed by atoms with van der Waals surface area (Å²) in [4.78, 5) is 0. The van der Waals surface area contributed by atoms with Crippen LogP contribution in [-0.4, -0.2) is 6.54 Å². The zero-order chi connectivity index (χ0) is 33.1. The Hall–Kier alpha value is -2.01. The Morgan fingerprint density at radius 1 is 0.521 bits per heavy atom. The molecular weight excluding hydrogens is 640 g/mol. The fourth-order valence-corrected chi connectivity index (χ4v) is 13.2. The summed E-state index contributed by atoms with van der Waals surface area (Å²) < 4.78 is 0. The lowest BCUT2D eigenvalue weighted by Gasteiger charge is -2.27. The van der Waals surface area contributed by atoms with Gasteiger partial charge in [0.25, 0.3) is 0 Å². The molecule has 4 heteroatoms. The lowest BCUT2D eigenvalue weighted by molar-refractivity contribution is 0.764. The highest BCUT2D eigenvalue weighted by atomic mass is 35.7. The first-order valence-electron chi connectivity index (χ1n) is 17.6. The van der Waals surface area contributed by atoms with Crippen molar-refractivity contribution in [1.82, 2.24) is 5.09 Å². The Kier molecular flexibility index (Phi) is 18.7. The van der Waals surface area contributed by atoms with E-state index in [4.69, 9.17) is 11.2 Å². The number of aryl methyl sites for hydroxylation is 4. The molecule has 262 valence electrons. The molecule has 0 saturated carbocycles. The van der Waals surface area contributed by atoms with E-state index in [1.807, 2.05) is 13.8 Å². The van der Waals surface area contributed by atoms with E-state index in [2.05, 4.69) is 137 Å². The third-order valence-electron chi connectivity index (χ3n) is 9.37. The summed E-state index contributed by atoms with van der Waals surface area (Å²) in [5, 5.41) is 3.97. The second-order valence-corrected chi connectivity index (χ2v) is 18.4. The summed E-state index contributed by atoms with van der Waals surface area (Å²) in [7, 11) is -0.697. The number of unbranched alkanes of at least 4 members (excludes halogenated alkanes) is 1. The molecule has 1 nitrogen and oxygen atoms in total. The van der Waals surface area contributed by atoms with Crippen molar-refractivity contribution in [3.8, 4) is 0 Å². The van der Waals surface area contributed by atoms with Gasteiger partial charge in [-0.15, -0.1) is 0 Å². The van der Waals surface area contributed by atoms with Gasteiger partial charge in [-0.3, -0.25) is 5.09 Å². The van der Waals surface area contributed by atoms with Gasteiger partial charge in [0, 0.05) is 29.9 Å². The molecule has 0 radical (unpaired) electrons. The molecule has 2 aliphatic rings. The monoisotopic (exact) mass is 703 g/mol. The Morgan fingerprint density at radius 3 is 1.08 bits per heavy atom. The van der Waals surface area contributed by atoms with Crippen LogP contribution >= 0.6 is 26.6 Å².